The van der Waals surface area contributed by atoms with Gasteiger partial charge in [-0.2, -0.15) is 5.26 Å². The van der Waals surface area contributed by atoms with E-state index in [1.54, 1.807) is 6.07 Å². The summed E-state index contributed by atoms with van der Waals surface area (Å²) in [4.78, 5) is 2.57. The summed E-state index contributed by atoms with van der Waals surface area (Å²) < 4.78 is 31.3. The van der Waals surface area contributed by atoms with Gasteiger partial charge in [-0.05, 0) is 93.0 Å². The average molecular weight is 481 g/mol. The normalized spacial score (nSPS) is 18.4. The molecule has 1 unspecified atom stereocenters. The first-order valence-corrected chi connectivity index (χ1v) is 13.5. The van der Waals surface area contributed by atoms with Gasteiger partial charge in [0.25, 0.3) is 0 Å². The zero-order valence-electron chi connectivity index (χ0n) is 21.8. The van der Waals surface area contributed by atoms with Crippen LogP contribution in [0.15, 0.2) is 48.5 Å². The molecule has 0 heterocycles. The Bertz CT molecular complexity index is 919. The highest BCUT2D eigenvalue weighted by atomic mass is 19.1. The number of nitriles is 1. The van der Waals surface area contributed by atoms with Crippen LogP contribution in [-0.4, -0.2) is 17.5 Å². The minimum absolute atomic E-state index is 0.407. The number of benzene rings is 2. The minimum Gasteiger partial charge on any atom is -0.296 e. The fourth-order valence-corrected chi connectivity index (χ4v) is 5.66. The fraction of sp³-hybridized carbons (Fsp3) is 0.581. The molecule has 2 aromatic rings. The van der Waals surface area contributed by atoms with Crippen molar-refractivity contribution in [2.75, 3.05) is 6.54 Å². The van der Waals surface area contributed by atoms with Crippen LogP contribution in [-0.2, 0) is 24.3 Å². The maximum Gasteiger partial charge on any atom is 0.136 e. The van der Waals surface area contributed by atoms with Crippen LogP contribution in [0.4, 0.5) is 8.78 Å². The first-order valence-electron chi connectivity index (χ1n) is 13.5. The Morgan fingerprint density at radius 3 is 1.89 bits per heavy atom. The second kappa shape index (κ2) is 12.6. The highest BCUT2D eigenvalue weighted by molar-refractivity contribution is 5.44. The number of alkyl halides is 2. The van der Waals surface area contributed by atoms with Crippen molar-refractivity contribution >= 4 is 0 Å². The third-order valence-electron chi connectivity index (χ3n) is 7.89. The van der Waals surface area contributed by atoms with Crippen LogP contribution in [0.25, 0.3) is 0 Å². The standard InChI is InChI=1S/C29H39F2N.C2H3N/c1-3-21-32(22-23-11-6-5-7-12-23)24(4-2)15-16-25-26(28(30)17-9-18-28)13-8-14-27(25)29(31)19-10-20-29;1-2-3/h5-8,11-14,24H,3-4,9-10,15-22H2,1-2H3;1H3. The van der Waals surface area contributed by atoms with Crippen molar-refractivity contribution in [2.45, 2.75) is 109 Å². The smallest absolute Gasteiger partial charge is 0.136 e. The van der Waals surface area contributed by atoms with Crippen LogP contribution in [0.5, 0.6) is 0 Å². The maximum atomic E-state index is 15.6. The molecule has 2 fully saturated rings. The van der Waals surface area contributed by atoms with Crippen molar-refractivity contribution in [3.8, 4) is 6.07 Å². The van der Waals surface area contributed by atoms with Crippen LogP contribution < -0.4 is 0 Å². The first kappa shape index (κ1) is 27.3. The molecule has 4 rings (SSSR count). The highest BCUT2D eigenvalue weighted by Gasteiger charge is 2.45. The second-order valence-corrected chi connectivity index (χ2v) is 10.2. The number of nitrogens with zero attached hydrogens (tertiary/aromatic N) is 2. The number of hydrogen-bond donors (Lipinski definition) is 0. The predicted molar refractivity (Wildman–Crippen MR) is 141 cm³/mol. The summed E-state index contributed by atoms with van der Waals surface area (Å²) in [5.41, 5.74) is 1.37. The topological polar surface area (TPSA) is 27.0 Å². The van der Waals surface area contributed by atoms with Gasteiger partial charge in [0.2, 0.25) is 0 Å². The molecule has 0 bridgehead atoms. The molecule has 0 aromatic heterocycles. The van der Waals surface area contributed by atoms with Gasteiger partial charge >= 0.3 is 0 Å². The van der Waals surface area contributed by atoms with E-state index in [0.717, 1.165) is 68.3 Å². The molecule has 0 amide bonds. The summed E-state index contributed by atoms with van der Waals surface area (Å²) in [6, 6.07) is 18.6. The zero-order valence-corrected chi connectivity index (χ0v) is 21.8. The molecule has 0 N–H and O–H groups in total. The van der Waals surface area contributed by atoms with E-state index < -0.39 is 11.3 Å². The average Bonchev–Trinajstić information content (AvgIpc) is 2.82. The zero-order chi connectivity index (χ0) is 25.3. The second-order valence-electron chi connectivity index (χ2n) is 10.2. The number of hydrogen-bond acceptors (Lipinski definition) is 2. The van der Waals surface area contributed by atoms with Crippen molar-refractivity contribution in [1.29, 1.82) is 5.26 Å². The third kappa shape index (κ3) is 6.50. The van der Waals surface area contributed by atoms with Gasteiger partial charge in [-0.15, -0.1) is 0 Å². The van der Waals surface area contributed by atoms with Crippen molar-refractivity contribution in [1.82, 2.24) is 4.90 Å². The Morgan fingerprint density at radius 2 is 1.46 bits per heavy atom. The molecule has 0 radical (unpaired) electrons. The van der Waals surface area contributed by atoms with Crippen molar-refractivity contribution in [2.24, 2.45) is 0 Å². The molecule has 2 aliphatic carbocycles. The molecule has 2 nitrogen and oxygen atoms in total. The molecule has 2 aliphatic rings. The lowest BCUT2D eigenvalue weighted by molar-refractivity contribution is 0.0511. The van der Waals surface area contributed by atoms with Crippen molar-refractivity contribution in [3.63, 3.8) is 0 Å². The molecule has 2 saturated carbocycles. The van der Waals surface area contributed by atoms with E-state index in [0.29, 0.717) is 31.7 Å². The molecule has 1 atom stereocenters. The quantitative estimate of drug-likeness (QED) is 0.322. The van der Waals surface area contributed by atoms with Crippen LogP contribution in [0.2, 0.25) is 0 Å². The lowest BCUT2D eigenvalue weighted by Crippen LogP contribution is -2.37. The summed E-state index contributed by atoms with van der Waals surface area (Å²) in [7, 11) is 0. The molecule has 35 heavy (non-hydrogen) atoms. The molecular formula is C31H42F2N2. The Labute approximate surface area is 211 Å². The van der Waals surface area contributed by atoms with E-state index in [4.69, 9.17) is 5.26 Å². The van der Waals surface area contributed by atoms with Crippen LogP contribution in [0.3, 0.4) is 0 Å². The van der Waals surface area contributed by atoms with Gasteiger partial charge in [0.15, 0.2) is 0 Å². The van der Waals surface area contributed by atoms with E-state index in [-0.39, 0.29) is 0 Å². The van der Waals surface area contributed by atoms with E-state index in [1.807, 2.05) is 18.2 Å². The predicted octanol–water partition coefficient (Wildman–Crippen LogP) is 8.54. The summed E-state index contributed by atoms with van der Waals surface area (Å²) >= 11 is 0. The summed E-state index contributed by atoms with van der Waals surface area (Å²) in [5.74, 6) is 0. The Hall–Kier alpha value is -2.25. The molecule has 0 saturated heterocycles. The highest BCUT2D eigenvalue weighted by Crippen LogP contribution is 2.51. The lowest BCUT2D eigenvalue weighted by atomic mass is 9.69. The van der Waals surface area contributed by atoms with Crippen LogP contribution >= 0.6 is 0 Å². The molecule has 0 spiro atoms. The van der Waals surface area contributed by atoms with Gasteiger partial charge in [0, 0.05) is 19.5 Å². The third-order valence-corrected chi connectivity index (χ3v) is 7.89. The summed E-state index contributed by atoms with van der Waals surface area (Å²) in [6.07, 6.45) is 8.03. The largest absolute Gasteiger partial charge is 0.296 e. The monoisotopic (exact) mass is 480 g/mol. The molecule has 0 aliphatic heterocycles. The van der Waals surface area contributed by atoms with Crippen LogP contribution in [0, 0.1) is 11.3 Å². The molecular weight excluding hydrogens is 438 g/mol. The summed E-state index contributed by atoms with van der Waals surface area (Å²) in [6.45, 7) is 7.88. The lowest BCUT2D eigenvalue weighted by Gasteiger charge is -2.41. The molecule has 2 aromatic carbocycles. The fourth-order valence-electron chi connectivity index (χ4n) is 5.66. The van der Waals surface area contributed by atoms with Crippen LogP contribution in [0.1, 0.15) is 101 Å². The van der Waals surface area contributed by atoms with Crippen molar-refractivity contribution in [3.05, 3.63) is 70.8 Å². The van der Waals surface area contributed by atoms with E-state index >= 15 is 8.78 Å². The van der Waals surface area contributed by atoms with E-state index in [1.165, 1.54) is 12.5 Å². The first-order chi connectivity index (χ1) is 16.9. The molecule has 4 heteroatoms. The van der Waals surface area contributed by atoms with Gasteiger partial charge in [-0.3, -0.25) is 4.90 Å². The number of rotatable bonds is 11. The van der Waals surface area contributed by atoms with Gasteiger partial charge in [-0.1, -0.05) is 62.4 Å². The SMILES string of the molecule is CC#N.CCCN(Cc1ccccc1)C(CC)CCc1c(C2(F)CCC2)cccc1C1(F)CCC1. The van der Waals surface area contributed by atoms with Gasteiger partial charge in [-0.25, -0.2) is 8.78 Å². The maximum absolute atomic E-state index is 15.6. The minimum atomic E-state index is -1.25. The van der Waals surface area contributed by atoms with Gasteiger partial charge in [0.1, 0.15) is 11.3 Å². The Balaban J connectivity index is 0.00000108. The van der Waals surface area contributed by atoms with E-state index in [9.17, 15) is 0 Å². The van der Waals surface area contributed by atoms with Crippen molar-refractivity contribution < 1.29 is 8.78 Å². The number of halogens is 2. The summed E-state index contributed by atoms with van der Waals surface area (Å²) in [5, 5.41) is 7.32. The Morgan fingerprint density at radius 1 is 0.914 bits per heavy atom. The van der Waals surface area contributed by atoms with Gasteiger partial charge in [0.05, 0.1) is 6.07 Å². The molecule has 190 valence electrons. The Kier molecular flexibility index (Phi) is 9.87. The van der Waals surface area contributed by atoms with Gasteiger partial charge < -0.3 is 0 Å². The van der Waals surface area contributed by atoms with E-state index in [2.05, 4.69) is 49.1 Å².